The van der Waals surface area contributed by atoms with Crippen molar-refractivity contribution in [2.75, 3.05) is 0 Å². The summed E-state index contributed by atoms with van der Waals surface area (Å²) in [5.41, 5.74) is 2.08. The summed E-state index contributed by atoms with van der Waals surface area (Å²) in [6.45, 7) is 1.91. The molecular formula is C21H20FNO. The summed E-state index contributed by atoms with van der Waals surface area (Å²) in [7, 11) is 0. The van der Waals surface area contributed by atoms with Gasteiger partial charge < -0.3 is 5.32 Å². The van der Waals surface area contributed by atoms with E-state index in [1.165, 1.54) is 28.5 Å². The SMILES string of the molecule is C[C@@H](NC(=O)CCc1cccc2ccccc12)c1ccc(F)cc1. The summed E-state index contributed by atoms with van der Waals surface area (Å²) < 4.78 is 13.0. The van der Waals surface area contributed by atoms with Gasteiger partial charge in [0.05, 0.1) is 6.04 Å². The van der Waals surface area contributed by atoms with E-state index in [0.29, 0.717) is 12.8 Å². The van der Waals surface area contributed by atoms with Gasteiger partial charge >= 0.3 is 0 Å². The lowest BCUT2D eigenvalue weighted by molar-refractivity contribution is -0.121. The summed E-state index contributed by atoms with van der Waals surface area (Å²) in [4.78, 5) is 12.2. The van der Waals surface area contributed by atoms with Crippen LogP contribution in [0, 0.1) is 5.82 Å². The van der Waals surface area contributed by atoms with Gasteiger partial charge in [0.2, 0.25) is 5.91 Å². The van der Waals surface area contributed by atoms with E-state index in [-0.39, 0.29) is 17.8 Å². The van der Waals surface area contributed by atoms with Crippen LogP contribution >= 0.6 is 0 Å². The molecule has 3 heteroatoms. The third-order valence-corrected chi connectivity index (χ3v) is 4.25. The number of carbonyl (C=O) groups is 1. The van der Waals surface area contributed by atoms with Crippen LogP contribution in [0.2, 0.25) is 0 Å². The van der Waals surface area contributed by atoms with Crippen molar-refractivity contribution < 1.29 is 9.18 Å². The molecule has 0 saturated heterocycles. The van der Waals surface area contributed by atoms with Crippen LogP contribution in [0.5, 0.6) is 0 Å². The van der Waals surface area contributed by atoms with Crippen LogP contribution in [0.3, 0.4) is 0 Å². The van der Waals surface area contributed by atoms with E-state index in [2.05, 4.69) is 29.6 Å². The van der Waals surface area contributed by atoms with E-state index in [0.717, 1.165) is 5.56 Å². The van der Waals surface area contributed by atoms with Gasteiger partial charge in [0.15, 0.2) is 0 Å². The summed E-state index contributed by atoms with van der Waals surface area (Å²) in [6, 6.07) is 20.5. The maximum atomic E-state index is 13.0. The van der Waals surface area contributed by atoms with Gasteiger partial charge in [-0.2, -0.15) is 0 Å². The molecule has 122 valence electrons. The monoisotopic (exact) mass is 321 g/mol. The molecule has 0 radical (unpaired) electrons. The first-order chi connectivity index (χ1) is 11.6. The Bertz CT molecular complexity index is 837. The molecule has 3 aromatic rings. The number of amides is 1. The first kappa shape index (κ1) is 16.2. The lowest BCUT2D eigenvalue weighted by atomic mass is 10.0. The highest BCUT2D eigenvalue weighted by Gasteiger charge is 2.10. The topological polar surface area (TPSA) is 29.1 Å². The minimum absolute atomic E-state index is 0.000223. The molecule has 3 aromatic carbocycles. The standard InChI is InChI=1S/C21H20FNO/c1-15(16-9-12-19(22)13-10-16)23-21(24)14-11-18-7-4-6-17-5-2-3-8-20(17)18/h2-10,12-13,15H,11,14H2,1H3,(H,23,24)/t15-/m1/s1. The van der Waals surface area contributed by atoms with Gasteiger partial charge in [-0.05, 0) is 47.4 Å². The van der Waals surface area contributed by atoms with Crippen LogP contribution in [0.4, 0.5) is 4.39 Å². The van der Waals surface area contributed by atoms with Crippen LogP contribution in [0.25, 0.3) is 10.8 Å². The average molecular weight is 321 g/mol. The zero-order valence-corrected chi connectivity index (χ0v) is 13.6. The van der Waals surface area contributed by atoms with Crippen molar-refractivity contribution in [1.82, 2.24) is 5.32 Å². The molecule has 0 aliphatic rings. The summed E-state index contributed by atoms with van der Waals surface area (Å²) >= 11 is 0. The van der Waals surface area contributed by atoms with Crippen molar-refractivity contribution >= 4 is 16.7 Å². The number of carbonyl (C=O) groups excluding carboxylic acids is 1. The molecule has 0 fully saturated rings. The Morgan fingerprint density at radius 2 is 1.71 bits per heavy atom. The molecule has 0 unspecified atom stereocenters. The van der Waals surface area contributed by atoms with Crippen LogP contribution in [0.1, 0.15) is 30.5 Å². The minimum atomic E-state index is -0.270. The lowest BCUT2D eigenvalue weighted by Crippen LogP contribution is -2.26. The van der Waals surface area contributed by atoms with E-state index in [1.807, 2.05) is 25.1 Å². The van der Waals surface area contributed by atoms with Crippen molar-refractivity contribution in [3.05, 3.63) is 83.7 Å². The number of hydrogen-bond donors (Lipinski definition) is 1. The fraction of sp³-hybridized carbons (Fsp3) is 0.190. The normalized spacial score (nSPS) is 12.1. The van der Waals surface area contributed by atoms with E-state index in [4.69, 9.17) is 0 Å². The van der Waals surface area contributed by atoms with Gasteiger partial charge in [-0.25, -0.2) is 4.39 Å². The smallest absolute Gasteiger partial charge is 0.220 e. The zero-order chi connectivity index (χ0) is 16.9. The molecule has 0 saturated carbocycles. The Labute approximate surface area is 141 Å². The Morgan fingerprint density at radius 3 is 2.50 bits per heavy atom. The second-order valence-electron chi connectivity index (χ2n) is 5.98. The third kappa shape index (κ3) is 3.80. The number of halogens is 1. The number of aryl methyl sites for hydroxylation is 1. The number of hydrogen-bond acceptors (Lipinski definition) is 1. The van der Waals surface area contributed by atoms with Gasteiger partial charge in [-0.15, -0.1) is 0 Å². The fourth-order valence-electron chi connectivity index (χ4n) is 2.91. The van der Waals surface area contributed by atoms with Crippen molar-refractivity contribution in [2.24, 2.45) is 0 Å². The quantitative estimate of drug-likeness (QED) is 0.719. The molecule has 0 aromatic heterocycles. The van der Waals surface area contributed by atoms with E-state index in [9.17, 15) is 9.18 Å². The highest BCUT2D eigenvalue weighted by atomic mass is 19.1. The van der Waals surface area contributed by atoms with E-state index in [1.54, 1.807) is 12.1 Å². The Kier molecular flexibility index (Phi) is 4.90. The highest BCUT2D eigenvalue weighted by molar-refractivity contribution is 5.86. The molecular weight excluding hydrogens is 301 g/mol. The van der Waals surface area contributed by atoms with Crippen LogP contribution in [-0.2, 0) is 11.2 Å². The molecule has 1 amide bonds. The largest absolute Gasteiger partial charge is 0.350 e. The molecule has 3 rings (SSSR count). The van der Waals surface area contributed by atoms with Crippen LogP contribution in [-0.4, -0.2) is 5.91 Å². The number of nitrogens with one attached hydrogen (secondary N) is 1. The summed E-state index contributed by atoms with van der Waals surface area (Å²) in [5.74, 6) is -0.270. The molecule has 0 bridgehead atoms. The molecule has 1 atom stereocenters. The maximum Gasteiger partial charge on any atom is 0.220 e. The molecule has 1 N–H and O–H groups in total. The Hall–Kier alpha value is -2.68. The molecule has 0 aliphatic heterocycles. The van der Waals surface area contributed by atoms with E-state index >= 15 is 0 Å². The second kappa shape index (κ2) is 7.26. The van der Waals surface area contributed by atoms with Gasteiger partial charge in [0, 0.05) is 6.42 Å². The third-order valence-electron chi connectivity index (χ3n) is 4.25. The molecule has 0 aliphatic carbocycles. The van der Waals surface area contributed by atoms with Crippen molar-refractivity contribution in [2.45, 2.75) is 25.8 Å². The number of benzene rings is 3. The Morgan fingerprint density at radius 1 is 1.00 bits per heavy atom. The molecule has 0 spiro atoms. The van der Waals surface area contributed by atoms with Gasteiger partial charge in [-0.1, -0.05) is 54.6 Å². The minimum Gasteiger partial charge on any atom is -0.350 e. The predicted molar refractivity (Wildman–Crippen MR) is 95.2 cm³/mol. The van der Waals surface area contributed by atoms with Gasteiger partial charge in [-0.3, -0.25) is 4.79 Å². The van der Waals surface area contributed by atoms with Gasteiger partial charge in [0.25, 0.3) is 0 Å². The fourth-order valence-corrected chi connectivity index (χ4v) is 2.91. The predicted octanol–water partition coefficient (Wildman–Crippen LogP) is 4.79. The van der Waals surface area contributed by atoms with Crippen molar-refractivity contribution in [1.29, 1.82) is 0 Å². The van der Waals surface area contributed by atoms with E-state index < -0.39 is 0 Å². The zero-order valence-electron chi connectivity index (χ0n) is 13.6. The first-order valence-electron chi connectivity index (χ1n) is 8.15. The lowest BCUT2D eigenvalue weighted by Gasteiger charge is -2.14. The number of fused-ring (bicyclic) bond motifs is 1. The van der Waals surface area contributed by atoms with Gasteiger partial charge in [0.1, 0.15) is 5.82 Å². The van der Waals surface area contributed by atoms with Crippen molar-refractivity contribution in [3.63, 3.8) is 0 Å². The van der Waals surface area contributed by atoms with Crippen LogP contribution in [0.15, 0.2) is 66.7 Å². The molecule has 0 heterocycles. The molecule has 2 nitrogen and oxygen atoms in total. The first-order valence-corrected chi connectivity index (χ1v) is 8.15. The average Bonchev–Trinajstić information content (AvgIpc) is 2.60. The van der Waals surface area contributed by atoms with Crippen molar-refractivity contribution in [3.8, 4) is 0 Å². The van der Waals surface area contributed by atoms with Crippen LogP contribution < -0.4 is 5.32 Å². The maximum absolute atomic E-state index is 13.0. The highest BCUT2D eigenvalue weighted by Crippen LogP contribution is 2.20. The molecule has 24 heavy (non-hydrogen) atoms. The summed E-state index contributed by atoms with van der Waals surface area (Å²) in [6.07, 6.45) is 1.13. The summed E-state index contributed by atoms with van der Waals surface area (Å²) in [5, 5.41) is 5.36. The second-order valence-corrected chi connectivity index (χ2v) is 5.98. The Balaban J connectivity index is 1.62. The number of rotatable bonds is 5.